The van der Waals surface area contributed by atoms with Crippen LogP contribution in [0.3, 0.4) is 0 Å². The van der Waals surface area contributed by atoms with Crippen LogP contribution in [0.15, 0.2) is 42.7 Å². The van der Waals surface area contributed by atoms with Crippen LogP contribution in [0.5, 0.6) is 0 Å². The van der Waals surface area contributed by atoms with Crippen LogP contribution in [0.1, 0.15) is 5.56 Å². The van der Waals surface area contributed by atoms with Crippen LogP contribution in [-0.4, -0.2) is 36.0 Å². The van der Waals surface area contributed by atoms with E-state index < -0.39 is 0 Å². The standard InChI is InChI=1S/C17H22N4/c1-2-4-14(5-3-1)21-12-13(8-20-21)6-7-18-9-15-16-10-19-11-17(15)16/h1-5,8,12,15-19H,6-7,9-11H2/t15?,16-,17+. The number of nitrogens with one attached hydrogen (secondary N) is 2. The predicted molar refractivity (Wildman–Crippen MR) is 83.5 cm³/mol. The molecule has 3 atom stereocenters. The van der Waals surface area contributed by atoms with Crippen LogP contribution in [0.2, 0.25) is 0 Å². The number of rotatable bonds is 6. The third-order valence-corrected chi connectivity index (χ3v) is 4.90. The summed E-state index contributed by atoms with van der Waals surface area (Å²) in [6, 6.07) is 10.3. The summed E-state index contributed by atoms with van der Waals surface area (Å²) in [7, 11) is 0. The Morgan fingerprint density at radius 1 is 1.19 bits per heavy atom. The Hall–Kier alpha value is -1.65. The molecule has 21 heavy (non-hydrogen) atoms. The second-order valence-electron chi connectivity index (χ2n) is 6.23. The van der Waals surface area contributed by atoms with Crippen molar-refractivity contribution >= 4 is 0 Å². The van der Waals surface area contributed by atoms with Crippen molar-refractivity contribution in [1.29, 1.82) is 0 Å². The number of hydrogen-bond acceptors (Lipinski definition) is 3. The second kappa shape index (κ2) is 5.62. The van der Waals surface area contributed by atoms with E-state index in [1.807, 2.05) is 29.1 Å². The first-order valence-electron chi connectivity index (χ1n) is 7.92. The SMILES string of the molecule is c1ccc(-n2cc(CCNCC3[C@H]4CNC[C@@H]34)cn2)cc1. The summed E-state index contributed by atoms with van der Waals surface area (Å²) in [5.74, 6) is 2.84. The fraction of sp³-hybridized carbons (Fsp3) is 0.471. The maximum absolute atomic E-state index is 4.44. The third-order valence-electron chi connectivity index (χ3n) is 4.90. The average Bonchev–Trinajstić information content (AvgIpc) is 2.93. The Morgan fingerprint density at radius 3 is 2.81 bits per heavy atom. The normalized spacial score (nSPS) is 26.8. The maximum atomic E-state index is 4.44. The van der Waals surface area contributed by atoms with E-state index in [-0.39, 0.29) is 0 Å². The molecule has 1 unspecified atom stereocenters. The second-order valence-corrected chi connectivity index (χ2v) is 6.23. The monoisotopic (exact) mass is 282 g/mol. The van der Waals surface area contributed by atoms with Crippen molar-refractivity contribution < 1.29 is 0 Å². The predicted octanol–water partition coefficient (Wildman–Crippen LogP) is 1.47. The molecule has 2 fully saturated rings. The van der Waals surface area contributed by atoms with Gasteiger partial charge in [-0.15, -0.1) is 0 Å². The number of benzene rings is 1. The number of para-hydroxylation sites is 1. The summed E-state index contributed by atoms with van der Waals surface area (Å²) in [5.41, 5.74) is 2.42. The zero-order valence-corrected chi connectivity index (χ0v) is 12.2. The smallest absolute Gasteiger partial charge is 0.0645 e. The molecule has 1 saturated carbocycles. The van der Waals surface area contributed by atoms with Gasteiger partial charge < -0.3 is 10.6 Å². The molecule has 0 radical (unpaired) electrons. The molecule has 0 spiro atoms. The number of fused-ring (bicyclic) bond motifs is 1. The molecule has 110 valence electrons. The van der Waals surface area contributed by atoms with Crippen molar-refractivity contribution in [1.82, 2.24) is 20.4 Å². The van der Waals surface area contributed by atoms with Gasteiger partial charge in [-0.25, -0.2) is 4.68 Å². The zero-order chi connectivity index (χ0) is 14.1. The summed E-state index contributed by atoms with van der Waals surface area (Å²) >= 11 is 0. The molecule has 1 saturated heterocycles. The molecule has 2 N–H and O–H groups in total. The van der Waals surface area contributed by atoms with E-state index in [4.69, 9.17) is 0 Å². The van der Waals surface area contributed by atoms with Gasteiger partial charge in [0.05, 0.1) is 11.9 Å². The van der Waals surface area contributed by atoms with Crippen LogP contribution < -0.4 is 10.6 Å². The summed E-state index contributed by atoms with van der Waals surface area (Å²) in [4.78, 5) is 0. The van der Waals surface area contributed by atoms with Crippen LogP contribution in [-0.2, 0) is 6.42 Å². The first kappa shape index (κ1) is 13.0. The van der Waals surface area contributed by atoms with Gasteiger partial charge in [0, 0.05) is 6.20 Å². The average molecular weight is 282 g/mol. The number of aromatic nitrogens is 2. The fourth-order valence-corrected chi connectivity index (χ4v) is 3.56. The Kier molecular flexibility index (Phi) is 3.49. The van der Waals surface area contributed by atoms with Gasteiger partial charge in [-0.2, -0.15) is 5.10 Å². The van der Waals surface area contributed by atoms with E-state index in [1.165, 1.54) is 25.2 Å². The largest absolute Gasteiger partial charge is 0.316 e. The van der Waals surface area contributed by atoms with Gasteiger partial charge in [-0.05, 0) is 68.0 Å². The van der Waals surface area contributed by atoms with Gasteiger partial charge in [0.25, 0.3) is 0 Å². The minimum Gasteiger partial charge on any atom is -0.316 e. The zero-order valence-electron chi connectivity index (χ0n) is 12.2. The Balaban J connectivity index is 1.23. The highest BCUT2D eigenvalue weighted by Crippen LogP contribution is 2.47. The van der Waals surface area contributed by atoms with E-state index in [1.54, 1.807) is 0 Å². The molecule has 1 aromatic heterocycles. The van der Waals surface area contributed by atoms with E-state index >= 15 is 0 Å². The Bertz CT molecular complexity index is 582. The minimum atomic E-state index is 0.929. The lowest BCUT2D eigenvalue weighted by molar-refractivity contribution is 0.541. The molecule has 2 heterocycles. The molecular weight excluding hydrogens is 260 g/mol. The van der Waals surface area contributed by atoms with Crippen molar-refractivity contribution in [3.8, 4) is 5.69 Å². The molecular formula is C17H22N4. The quantitative estimate of drug-likeness (QED) is 0.789. The maximum Gasteiger partial charge on any atom is 0.0645 e. The van der Waals surface area contributed by atoms with Crippen LogP contribution in [0, 0.1) is 17.8 Å². The van der Waals surface area contributed by atoms with Gasteiger partial charge in [-0.3, -0.25) is 0 Å². The molecule has 4 rings (SSSR count). The molecule has 0 amide bonds. The number of piperidine rings is 1. The third kappa shape index (κ3) is 2.74. The molecule has 1 aromatic carbocycles. The highest BCUT2D eigenvalue weighted by atomic mass is 15.3. The molecule has 1 aliphatic heterocycles. The highest BCUT2D eigenvalue weighted by Gasteiger charge is 2.51. The van der Waals surface area contributed by atoms with Crippen molar-refractivity contribution in [3.05, 3.63) is 48.3 Å². The van der Waals surface area contributed by atoms with Crippen molar-refractivity contribution in [2.75, 3.05) is 26.2 Å². The molecule has 2 aliphatic rings. The first-order chi connectivity index (χ1) is 10.4. The van der Waals surface area contributed by atoms with Gasteiger partial charge in [0.1, 0.15) is 0 Å². The molecule has 2 aromatic rings. The minimum absolute atomic E-state index is 0.929. The molecule has 0 bridgehead atoms. The van der Waals surface area contributed by atoms with Gasteiger partial charge in [0.15, 0.2) is 0 Å². The van der Waals surface area contributed by atoms with E-state index in [9.17, 15) is 0 Å². The van der Waals surface area contributed by atoms with Crippen molar-refractivity contribution in [2.45, 2.75) is 6.42 Å². The summed E-state index contributed by atoms with van der Waals surface area (Å²) < 4.78 is 1.95. The molecule has 4 heteroatoms. The van der Waals surface area contributed by atoms with Gasteiger partial charge in [-0.1, -0.05) is 18.2 Å². The van der Waals surface area contributed by atoms with Crippen LogP contribution in [0.25, 0.3) is 5.69 Å². The van der Waals surface area contributed by atoms with Crippen LogP contribution >= 0.6 is 0 Å². The Morgan fingerprint density at radius 2 is 2.00 bits per heavy atom. The Labute approximate surface area is 125 Å². The summed E-state index contributed by atoms with van der Waals surface area (Å²) in [6.07, 6.45) is 5.16. The highest BCUT2D eigenvalue weighted by molar-refractivity contribution is 5.30. The van der Waals surface area contributed by atoms with E-state index in [2.05, 4.69) is 34.1 Å². The lowest BCUT2D eigenvalue weighted by atomic mass is 10.2. The van der Waals surface area contributed by atoms with E-state index in [0.29, 0.717) is 0 Å². The summed E-state index contributed by atoms with van der Waals surface area (Å²) in [6.45, 7) is 4.70. The van der Waals surface area contributed by atoms with Crippen molar-refractivity contribution in [2.24, 2.45) is 17.8 Å². The van der Waals surface area contributed by atoms with Gasteiger partial charge in [0.2, 0.25) is 0 Å². The van der Waals surface area contributed by atoms with Gasteiger partial charge >= 0.3 is 0 Å². The lowest BCUT2D eigenvalue weighted by Gasteiger charge is -2.06. The molecule has 1 aliphatic carbocycles. The van der Waals surface area contributed by atoms with E-state index in [0.717, 1.165) is 36.4 Å². The lowest BCUT2D eigenvalue weighted by Crippen LogP contribution is -2.24. The first-order valence-corrected chi connectivity index (χ1v) is 7.92. The molecule has 4 nitrogen and oxygen atoms in total. The topological polar surface area (TPSA) is 41.9 Å². The van der Waals surface area contributed by atoms with Crippen molar-refractivity contribution in [3.63, 3.8) is 0 Å². The number of hydrogen-bond donors (Lipinski definition) is 2. The number of nitrogens with zero attached hydrogens (tertiary/aromatic N) is 2. The summed E-state index contributed by atoms with van der Waals surface area (Å²) in [5, 5.41) is 11.5. The fourth-order valence-electron chi connectivity index (χ4n) is 3.56. The van der Waals surface area contributed by atoms with Crippen LogP contribution in [0.4, 0.5) is 0 Å².